The van der Waals surface area contributed by atoms with E-state index in [0.29, 0.717) is 11.4 Å². The van der Waals surface area contributed by atoms with Gasteiger partial charge in [0.1, 0.15) is 5.82 Å². The van der Waals surface area contributed by atoms with Gasteiger partial charge >= 0.3 is 0 Å². The number of benzene rings is 2. The highest BCUT2D eigenvalue weighted by Crippen LogP contribution is 2.21. The lowest BCUT2D eigenvalue weighted by molar-refractivity contribution is 0.102. The molecule has 0 aliphatic rings. The molecule has 3 aromatic rings. The third-order valence-electron chi connectivity index (χ3n) is 3.50. The Balaban J connectivity index is 1.84. The van der Waals surface area contributed by atoms with Crippen LogP contribution < -0.4 is 10.0 Å². The summed E-state index contributed by atoms with van der Waals surface area (Å²) in [5.74, 6) is -1.31. The highest BCUT2D eigenvalue weighted by atomic mass is 32.2. The zero-order chi connectivity index (χ0) is 19.6. The topological polar surface area (TPSA) is 106 Å². The fourth-order valence-corrected chi connectivity index (χ4v) is 2.89. The van der Waals surface area contributed by atoms with E-state index in [2.05, 4.69) is 20.2 Å². The third-order valence-corrected chi connectivity index (χ3v) is 4.09. The van der Waals surface area contributed by atoms with Crippen LogP contribution in [0, 0.1) is 12.7 Å². The zero-order valence-corrected chi connectivity index (χ0v) is 15.3. The van der Waals surface area contributed by atoms with E-state index in [1.165, 1.54) is 16.9 Å². The van der Waals surface area contributed by atoms with Gasteiger partial charge in [0, 0.05) is 5.69 Å². The van der Waals surface area contributed by atoms with Gasteiger partial charge in [-0.05, 0) is 37.3 Å². The summed E-state index contributed by atoms with van der Waals surface area (Å²) in [6, 6.07) is 12.6. The van der Waals surface area contributed by atoms with Crippen LogP contribution in [0.4, 0.5) is 15.8 Å². The maximum Gasteiger partial charge on any atom is 0.278 e. The molecule has 0 fully saturated rings. The number of carbonyl (C=O) groups excluding carboxylic acids is 1. The molecular weight excluding hydrogens is 373 g/mol. The number of hydrogen-bond donors (Lipinski definition) is 2. The second-order valence-corrected chi connectivity index (χ2v) is 7.53. The molecule has 0 atom stereocenters. The van der Waals surface area contributed by atoms with E-state index >= 15 is 0 Å². The smallest absolute Gasteiger partial charge is 0.278 e. The largest absolute Gasteiger partial charge is 0.320 e. The molecule has 8 nitrogen and oxygen atoms in total. The molecule has 0 spiro atoms. The molecule has 0 unspecified atom stereocenters. The van der Waals surface area contributed by atoms with Gasteiger partial charge in [-0.15, -0.1) is 5.10 Å². The number of aryl methyl sites for hydroxylation is 1. The van der Waals surface area contributed by atoms with Crippen molar-refractivity contribution in [3.8, 4) is 5.69 Å². The SMILES string of the molecule is Cc1nn(-c2ccccc2)nc1C(=O)Nc1ccc(F)c(NS(C)(=O)=O)c1. The third kappa shape index (κ3) is 4.47. The Morgan fingerprint density at radius 3 is 2.48 bits per heavy atom. The standard InChI is InChI=1S/C17H16FN5O3S/c1-11-16(21-23(20-11)13-6-4-3-5-7-13)17(24)19-12-8-9-14(18)15(10-12)22-27(2,25)26/h3-10,22H,1-2H3,(H,19,24). The van der Waals surface area contributed by atoms with Crippen LogP contribution in [0.15, 0.2) is 48.5 Å². The molecule has 1 aromatic heterocycles. The van der Waals surface area contributed by atoms with Gasteiger partial charge in [-0.25, -0.2) is 12.8 Å². The normalized spacial score (nSPS) is 11.2. The quantitative estimate of drug-likeness (QED) is 0.697. The number of amides is 1. The van der Waals surface area contributed by atoms with Crippen molar-refractivity contribution in [2.75, 3.05) is 16.3 Å². The Morgan fingerprint density at radius 2 is 1.81 bits per heavy atom. The maximum absolute atomic E-state index is 13.8. The van der Waals surface area contributed by atoms with E-state index in [-0.39, 0.29) is 17.1 Å². The number of nitrogens with one attached hydrogen (secondary N) is 2. The van der Waals surface area contributed by atoms with Gasteiger partial charge in [0.05, 0.1) is 23.3 Å². The lowest BCUT2D eigenvalue weighted by atomic mass is 10.2. The first-order valence-electron chi connectivity index (χ1n) is 7.81. The molecule has 1 amide bonds. The Labute approximate surface area is 155 Å². The Morgan fingerprint density at radius 1 is 1.11 bits per heavy atom. The predicted octanol–water partition coefficient (Wildman–Crippen LogP) is 2.34. The molecule has 0 radical (unpaired) electrons. The minimum atomic E-state index is -3.66. The number of para-hydroxylation sites is 1. The number of rotatable bonds is 5. The lowest BCUT2D eigenvalue weighted by Gasteiger charge is -2.09. The van der Waals surface area contributed by atoms with E-state index < -0.39 is 21.7 Å². The van der Waals surface area contributed by atoms with E-state index in [0.717, 1.165) is 12.3 Å². The van der Waals surface area contributed by atoms with Crippen molar-refractivity contribution in [3.63, 3.8) is 0 Å². The Bertz CT molecular complexity index is 1100. The van der Waals surface area contributed by atoms with Gasteiger partial charge in [0.15, 0.2) is 5.69 Å². The summed E-state index contributed by atoms with van der Waals surface area (Å²) in [5.41, 5.74) is 1.15. The molecule has 0 saturated carbocycles. The number of nitrogens with zero attached hydrogens (tertiary/aromatic N) is 3. The van der Waals surface area contributed by atoms with Crippen molar-refractivity contribution in [3.05, 3.63) is 65.7 Å². The molecule has 10 heteroatoms. The molecule has 2 N–H and O–H groups in total. The second-order valence-electron chi connectivity index (χ2n) is 5.78. The molecule has 3 rings (SSSR count). The maximum atomic E-state index is 13.8. The van der Waals surface area contributed by atoms with E-state index in [9.17, 15) is 17.6 Å². The second kappa shape index (κ2) is 7.16. The van der Waals surface area contributed by atoms with Gasteiger partial charge in [-0.2, -0.15) is 9.90 Å². The monoisotopic (exact) mass is 389 g/mol. The lowest BCUT2D eigenvalue weighted by Crippen LogP contribution is -2.15. The number of anilines is 2. The van der Waals surface area contributed by atoms with Crippen LogP contribution in [-0.4, -0.2) is 35.6 Å². The van der Waals surface area contributed by atoms with Crippen molar-refractivity contribution in [2.24, 2.45) is 0 Å². The summed E-state index contributed by atoms with van der Waals surface area (Å²) in [4.78, 5) is 13.8. The fourth-order valence-electron chi connectivity index (χ4n) is 2.34. The first-order valence-corrected chi connectivity index (χ1v) is 9.70. The summed E-state index contributed by atoms with van der Waals surface area (Å²) in [7, 11) is -3.66. The van der Waals surface area contributed by atoms with Crippen LogP contribution in [-0.2, 0) is 10.0 Å². The van der Waals surface area contributed by atoms with Crippen LogP contribution >= 0.6 is 0 Å². The van der Waals surface area contributed by atoms with Gasteiger partial charge in [-0.1, -0.05) is 18.2 Å². The van der Waals surface area contributed by atoms with Crippen molar-refractivity contribution in [1.29, 1.82) is 0 Å². The van der Waals surface area contributed by atoms with Gasteiger partial charge < -0.3 is 5.32 Å². The average Bonchev–Trinajstić information content (AvgIpc) is 2.99. The Hall–Kier alpha value is -3.27. The number of aromatic nitrogens is 3. The van der Waals surface area contributed by atoms with Crippen LogP contribution in [0.2, 0.25) is 0 Å². The summed E-state index contributed by atoms with van der Waals surface area (Å²) in [5, 5.41) is 11.0. The summed E-state index contributed by atoms with van der Waals surface area (Å²) >= 11 is 0. The summed E-state index contributed by atoms with van der Waals surface area (Å²) in [6.45, 7) is 1.64. The van der Waals surface area contributed by atoms with Crippen molar-refractivity contribution in [1.82, 2.24) is 15.0 Å². The molecule has 2 aromatic carbocycles. The fraction of sp³-hybridized carbons (Fsp3) is 0.118. The summed E-state index contributed by atoms with van der Waals surface area (Å²) in [6.07, 6.45) is 0.906. The molecular formula is C17H16FN5O3S. The highest BCUT2D eigenvalue weighted by molar-refractivity contribution is 7.92. The number of halogens is 1. The molecule has 0 aliphatic heterocycles. The van der Waals surface area contributed by atoms with Crippen molar-refractivity contribution < 1.29 is 17.6 Å². The number of carbonyl (C=O) groups is 1. The first-order chi connectivity index (χ1) is 12.7. The van der Waals surface area contributed by atoms with E-state index in [1.54, 1.807) is 19.1 Å². The molecule has 1 heterocycles. The molecule has 140 valence electrons. The minimum absolute atomic E-state index is 0.0980. The first kappa shape index (κ1) is 18.5. The van der Waals surface area contributed by atoms with Gasteiger partial charge in [0.2, 0.25) is 10.0 Å². The summed E-state index contributed by atoms with van der Waals surface area (Å²) < 4.78 is 38.4. The molecule has 0 bridgehead atoms. The number of hydrogen-bond acceptors (Lipinski definition) is 5. The van der Waals surface area contributed by atoms with Crippen LogP contribution in [0.25, 0.3) is 5.69 Å². The minimum Gasteiger partial charge on any atom is -0.320 e. The Kier molecular flexibility index (Phi) is 4.91. The van der Waals surface area contributed by atoms with E-state index in [4.69, 9.17) is 0 Å². The number of sulfonamides is 1. The highest BCUT2D eigenvalue weighted by Gasteiger charge is 2.17. The van der Waals surface area contributed by atoms with Crippen LogP contribution in [0.5, 0.6) is 0 Å². The van der Waals surface area contributed by atoms with Crippen LogP contribution in [0.1, 0.15) is 16.2 Å². The average molecular weight is 389 g/mol. The van der Waals surface area contributed by atoms with Crippen LogP contribution in [0.3, 0.4) is 0 Å². The van der Waals surface area contributed by atoms with E-state index in [1.807, 2.05) is 18.2 Å². The van der Waals surface area contributed by atoms with Gasteiger partial charge in [0.25, 0.3) is 5.91 Å². The predicted molar refractivity (Wildman–Crippen MR) is 98.9 cm³/mol. The molecule has 27 heavy (non-hydrogen) atoms. The van der Waals surface area contributed by atoms with Gasteiger partial charge in [-0.3, -0.25) is 9.52 Å². The zero-order valence-electron chi connectivity index (χ0n) is 14.5. The van der Waals surface area contributed by atoms with Crippen molar-refractivity contribution >= 4 is 27.3 Å². The molecule has 0 aliphatic carbocycles. The molecule has 0 saturated heterocycles. The van der Waals surface area contributed by atoms with Crippen molar-refractivity contribution in [2.45, 2.75) is 6.92 Å².